The van der Waals surface area contributed by atoms with Gasteiger partial charge in [0.1, 0.15) is 6.10 Å². The number of nitrogens with zero attached hydrogens (tertiary/aromatic N) is 1. The fourth-order valence-electron chi connectivity index (χ4n) is 1.44. The van der Waals surface area contributed by atoms with Crippen LogP contribution in [0.1, 0.15) is 12.8 Å². The Morgan fingerprint density at radius 3 is 2.58 bits per heavy atom. The number of hydrogen-bond donors (Lipinski definition) is 1. The van der Waals surface area contributed by atoms with Gasteiger partial charge in [0.05, 0.1) is 0 Å². The number of carbonyl (C=O) groups is 1. The van der Waals surface area contributed by atoms with Crippen molar-refractivity contribution in [2.75, 3.05) is 26.7 Å². The first-order valence-corrected chi connectivity index (χ1v) is 4.31. The molecule has 0 aromatic rings. The van der Waals surface area contributed by atoms with Gasteiger partial charge in [0.2, 0.25) is 0 Å². The minimum atomic E-state index is -0.442. The molecule has 4 nitrogen and oxygen atoms in total. The zero-order valence-corrected chi connectivity index (χ0v) is 7.45. The van der Waals surface area contributed by atoms with Crippen molar-refractivity contribution in [1.29, 1.82) is 0 Å². The Kier molecular flexibility index (Phi) is 3.49. The zero-order chi connectivity index (χ0) is 8.97. The van der Waals surface area contributed by atoms with Gasteiger partial charge in [-0.2, -0.15) is 0 Å². The van der Waals surface area contributed by atoms with E-state index in [-0.39, 0.29) is 12.5 Å². The van der Waals surface area contributed by atoms with Gasteiger partial charge in [-0.25, -0.2) is 0 Å². The fraction of sp³-hybridized carbons (Fsp3) is 0.875. The Balaban J connectivity index is 2.43. The van der Waals surface area contributed by atoms with Gasteiger partial charge in [-0.05, 0) is 12.8 Å². The normalized spacial score (nSPS) is 19.7. The minimum absolute atomic E-state index is 0.0394. The molecule has 1 fully saturated rings. The second-order valence-corrected chi connectivity index (χ2v) is 2.99. The first-order valence-electron chi connectivity index (χ1n) is 4.31. The van der Waals surface area contributed by atoms with Gasteiger partial charge >= 0.3 is 0 Å². The second-order valence-electron chi connectivity index (χ2n) is 2.99. The van der Waals surface area contributed by atoms with Crippen molar-refractivity contribution >= 4 is 5.91 Å². The lowest BCUT2D eigenvalue weighted by Crippen LogP contribution is -2.42. The van der Waals surface area contributed by atoms with Crippen LogP contribution in [0.15, 0.2) is 0 Å². The number of hydrogen-bond acceptors (Lipinski definition) is 3. The highest BCUT2D eigenvalue weighted by Gasteiger charge is 2.24. The van der Waals surface area contributed by atoms with Crippen molar-refractivity contribution in [3.05, 3.63) is 0 Å². The average molecular weight is 172 g/mol. The smallest absolute Gasteiger partial charge is 0.253 e. The molecule has 1 unspecified atom stereocenters. The SMILES string of the molecule is COC(CN)C(=O)N1CCCC1. The molecule has 1 saturated heterocycles. The zero-order valence-electron chi connectivity index (χ0n) is 7.45. The largest absolute Gasteiger partial charge is 0.370 e. The van der Waals surface area contributed by atoms with E-state index in [0.29, 0.717) is 0 Å². The predicted molar refractivity (Wildman–Crippen MR) is 45.7 cm³/mol. The molecule has 0 aromatic heterocycles. The molecule has 0 radical (unpaired) electrons. The van der Waals surface area contributed by atoms with Crippen molar-refractivity contribution in [1.82, 2.24) is 4.90 Å². The van der Waals surface area contributed by atoms with Crippen LogP contribution in [0.25, 0.3) is 0 Å². The van der Waals surface area contributed by atoms with Gasteiger partial charge in [0, 0.05) is 26.7 Å². The van der Waals surface area contributed by atoms with E-state index in [4.69, 9.17) is 10.5 Å². The van der Waals surface area contributed by atoms with Gasteiger partial charge in [-0.15, -0.1) is 0 Å². The summed E-state index contributed by atoms with van der Waals surface area (Å²) in [6, 6.07) is 0. The summed E-state index contributed by atoms with van der Waals surface area (Å²) >= 11 is 0. The van der Waals surface area contributed by atoms with Crippen molar-refractivity contribution in [2.24, 2.45) is 5.73 Å². The lowest BCUT2D eigenvalue weighted by atomic mass is 10.3. The van der Waals surface area contributed by atoms with Gasteiger partial charge in [0.25, 0.3) is 5.91 Å². The van der Waals surface area contributed by atoms with E-state index < -0.39 is 6.10 Å². The number of rotatable bonds is 3. The number of methoxy groups -OCH3 is 1. The van der Waals surface area contributed by atoms with Crippen LogP contribution in [0.2, 0.25) is 0 Å². The Bertz CT molecular complexity index is 147. The average Bonchev–Trinajstić information content (AvgIpc) is 2.58. The molecule has 70 valence electrons. The fourth-order valence-corrected chi connectivity index (χ4v) is 1.44. The van der Waals surface area contributed by atoms with Crippen molar-refractivity contribution < 1.29 is 9.53 Å². The molecule has 1 aliphatic heterocycles. The molecule has 0 bridgehead atoms. The quantitative estimate of drug-likeness (QED) is 0.629. The molecule has 0 spiro atoms. The maximum absolute atomic E-state index is 11.5. The van der Waals surface area contributed by atoms with E-state index in [0.717, 1.165) is 25.9 Å². The molecule has 0 aromatic carbocycles. The summed E-state index contributed by atoms with van der Waals surface area (Å²) in [7, 11) is 1.52. The van der Waals surface area contributed by atoms with Gasteiger partial charge in [0.15, 0.2) is 0 Å². The lowest BCUT2D eigenvalue weighted by molar-refractivity contribution is -0.140. The second kappa shape index (κ2) is 4.42. The molecular weight excluding hydrogens is 156 g/mol. The molecule has 1 rings (SSSR count). The molecular formula is C8H16N2O2. The summed E-state index contributed by atoms with van der Waals surface area (Å²) in [5, 5.41) is 0. The predicted octanol–water partition coefficient (Wildman–Crippen LogP) is -0.417. The molecule has 1 heterocycles. The standard InChI is InChI=1S/C8H16N2O2/c1-12-7(6-9)8(11)10-4-2-3-5-10/h7H,2-6,9H2,1H3. The van der Waals surface area contributed by atoms with E-state index in [1.54, 1.807) is 0 Å². The van der Waals surface area contributed by atoms with Crippen LogP contribution in [-0.4, -0.2) is 43.7 Å². The Morgan fingerprint density at radius 2 is 2.17 bits per heavy atom. The highest BCUT2D eigenvalue weighted by atomic mass is 16.5. The van der Waals surface area contributed by atoms with Crippen LogP contribution in [0, 0.1) is 0 Å². The first-order chi connectivity index (χ1) is 5.79. The van der Waals surface area contributed by atoms with Crippen LogP contribution in [0.4, 0.5) is 0 Å². The summed E-state index contributed by atoms with van der Waals surface area (Å²) in [5.74, 6) is 0.0394. The topological polar surface area (TPSA) is 55.6 Å². The summed E-state index contributed by atoms with van der Waals surface area (Å²) < 4.78 is 4.96. The van der Waals surface area contributed by atoms with Crippen LogP contribution >= 0.6 is 0 Å². The Morgan fingerprint density at radius 1 is 1.58 bits per heavy atom. The van der Waals surface area contributed by atoms with Crippen molar-refractivity contribution in [2.45, 2.75) is 18.9 Å². The number of likely N-dealkylation sites (tertiary alicyclic amines) is 1. The van der Waals surface area contributed by atoms with Crippen LogP contribution in [0.5, 0.6) is 0 Å². The third kappa shape index (κ3) is 1.95. The summed E-state index contributed by atoms with van der Waals surface area (Å²) in [6.07, 6.45) is 1.77. The van der Waals surface area contributed by atoms with E-state index in [1.807, 2.05) is 4.90 Å². The summed E-state index contributed by atoms with van der Waals surface area (Å²) in [4.78, 5) is 13.3. The monoisotopic (exact) mass is 172 g/mol. The maximum Gasteiger partial charge on any atom is 0.253 e. The number of amides is 1. The Labute approximate surface area is 72.7 Å². The highest BCUT2D eigenvalue weighted by molar-refractivity contribution is 5.81. The van der Waals surface area contributed by atoms with Gasteiger partial charge < -0.3 is 15.4 Å². The maximum atomic E-state index is 11.5. The molecule has 1 amide bonds. The number of ether oxygens (including phenoxy) is 1. The van der Waals surface area contributed by atoms with E-state index >= 15 is 0 Å². The molecule has 0 aliphatic carbocycles. The van der Waals surface area contributed by atoms with Crippen LogP contribution < -0.4 is 5.73 Å². The lowest BCUT2D eigenvalue weighted by Gasteiger charge is -2.20. The van der Waals surface area contributed by atoms with E-state index in [2.05, 4.69) is 0 Å². The summed E-state index contributed by atoms with van der Waals surface area (Å²) in [6.45, 7) is 1.99. The highest BCUT2D eigenvalue weighted by Crippen LogP contribution is 2.09. The molecule has 4 heteroatoms. The summed E-state index contributed by atoms with van der Waals surface area (Å²) in [5.41, 5.74) is 5.38. The van der Waals surface area contributed by atoms with Gasteiger partial charge in [-0.3, -0.25) is 4.79 Å². The first kappa shape index (κ1) is 9.48. The van der Waals surface area contributed by atoms with Crippen LogP contribution in [-0.2, 0) is 9.53 Å². The molecule has 1 atom stereocenters. The van der Waals surface area contributed by atoms with Crippen molar-refractivity contribution in [3.8, 4) is 0 Å². The minimum Gasteiger partial charge on any atom is -0.370 e. The molecule has 12 heavy (non-hydrogen) atoms. The van der Waals surface area contributed by atoms with Gasteiger partial charge in [-0.1, -0.05) is 0 Å². The number of carbonyl (C=O) groups excluding carboxylic acids is 1. The van der Waals surface area contributed by atoms with E-state index in [1.165, 1.54) is 7.11 Å². The third-order valence-corrected chi connectivity index (χ3v) is 2.19. The van der Waals surface area contributed by atoms with E-state index in [9.17, 15) is 4.79 Å². The Hall–Kier alpha value is -0.610. The molecule has 2 N–H and O–H groups in total. The molecule has 0 saturated carbocycles. The molecule has 1 aliphatic rings. The van der Waals surface area contributed by atoms with Crippen molar-refractivity contribution in [3.63, 3.8) is 0 Å². The number of nitrogens with two attached hydrogens (primary N) is 1. The third-order valence-electron chi connectivity index (χ3n) is 2.19. The van der Waals surface area contributed by atoms with Crippen LogP contribution in [0.3, 0.4) is 0 Å².